The van der Waals surface area contributed by atoms with Crippen LogP contribution >= 0.6 is 8.17 Å². The Hall–Kier alpha value is -4.30. The number of nitrogens with one attached hydrogen (secondary N) is 3. The van der Waals surface area contributed by atoms with E-state index in [1.807, 2.05) is 0 Å². The van der Waals surface area contributed by atoms with Gasteiger partial charge >= 0.3 is 25.2 Å². The quantitative estimate of drug-likeness (QED) is 0.0614. The maximum absolute atomic E-state index is 13.8. The lowest BCUT2D eigenvalue weighted by Gasteiger charge is -2.24. The van der Waals surface area contributed by atoms with Crippen LogP contribution in [0.1, 0.15) is 67.5 Å². The van der Waals surface area contributed by atoms with Crippen LogP contribution in [0.4, 0.5) is 0 Å². The zero-order valence-corrected chi connectivity index (χ0v) is 32.3. The smallest absolute Gasteiger partial charge is 0.394 e. The van der Waals surface area contributed by atoms with Crippen molar-refractivity contribution < 1.29 is 52.9 Å². The molecule has 0 saturated carbocycles. The summed E-state index contributed by atoms with van der Waals surface area (Å²) >= 11 is 0. The van der Waals surface area contributed by atoms with E-state index in [1.165, 1.54) is 39.4 Å². The highest BCUT2D eigenvalue weighted by atomic mass is 31.2. The van der Waals surface area contributed by atoms with Crippen molar-refractivity contribution in [2.24, 2.45) is 11.8 Å². The molecule has 0 aliphatic carbocycles. The largest absolute Gasteiger partial charge is 0.629 e. The summed E-state index contributed by atoms with van der Waals surface area (Å²) < 4.78 is 36.5. The molecule has 0 spiro atoms. The van der Waals surface area contributed by atoms with Gasteiger partial charge in [-0.15, -0.1) is 9.05 Å². The van der Waals surface area contributed by atoms with Crippen LogP contribution in [0.15, 0.2) is 47.4 Å². The van der Waals surface area contributed by atoms with Crippen molar-refractivity contribution in [2.75, 3.05) is 13.2 Å². The Morgan fingerprint density at radius 2 is 1.31 bits per heavy atom. The lowest BCUT2D eigenvalue weighted by Crippen LogP contribution is -2.39. The number of ketones is 1. The zero-order valence-electron chi connectivity index (χ0n) is 31.4. The molecule has 8 N–H and O–H groups in total. The topological polar surface area (TPSA) is 344 Å². The minimum atomic E-state index is -4.83. The zero-order chi connectivity index (χ0) is 42.2. The van der Waals surface area contributed by atoms with Crippen molar-refractivity contribution in [3.05, 3.63) is 97.8 Å². The number of ether oxygens (including phenoxy) is 3. The Kier molecular flexibility index (Phi) is 13.1. The average Bonchev–Trinajstić information content (AvgIpc) is 3.88. The molecule has 3 saturated heterocycles. The summed E-state index contributed by atoms with van der Waals surface area (Å²) in [4.78, 5) is 107. The number of aromatic nitrogens is 6. The number of nitrogens with zero attached hydrogens (tertiary/aromatic N) is 3. The third kappa shape index (κ3) is 9.28. The molecule has 58 heavy (non-hydrogen) atoms. The van der Waals surface area contributed by atoms with Crippen molar-refractivity contribution in [3.8, 4) is 0 Å². The maximum atomic E-state index is 13.8. The molecule has 3 aliphatic rings. The van der Waals surface area contributed by atoms with E-state index in [1.54, 1.807) is 0 Å². The predicted octanol–water partition coefficient (Wildman–Crippen LogP) is -2.50. The molecule has 3 fully saturated rings. The minimum Gasteiger partial charge on any atom is -0.394 e. The average molecular weight is 842 g/mol. The molecule has 6 rings (SSSR count). The number of aryl methyl sites for hydroxylation is 3. The molecule has 1 radical (unpaired) electrons. The standard InChI is InChI=1S/C33H44N7O17P/c1-14-9-38(31(48)35-28(14)45)24-5-17(22(12-41)53-24)4-18(42)6-20(44)27-21(8-26(55-27)40-11-16(3)30(47)37-33(40)50)56-58(51,57-34)52-13-23-19(43)7-25(54-23)39-10-15(2)29(46)36-32(39)49/h9-11,17,19-27,41,43-44H,4-8,12-13,34H2,1-3H3,(H,35,45,48)(H,36,46,49)(H,37,47,50)/q+1/t17-,19-,20?,21-,22+,23+,24+,25+,26+,27+,58?/m0/s1. The predicted molar refractivity (Wildman–Crippen MR) is 194 cm³/mol. The minimum absolute atomic E-state index is 0.0937. The fourth-order valence-corrected chi connectivity index (χ4v) is 8.26. The first kappa shape index (κ1) is 43.3. The van der Waals surface area contributed by atoms with Gasteiger partial charge in [0.2, 0.25) is 0 Å². The van der Waals surface area contributed by atoms with Gasteiger partial charge in [0, 0.05) is 61.0 Å². The number of aliphatic hydroxyl groups is 3. The molecular formula is C33H44N7O17P+. The van der Waals surface area contributed by atoms with Crippen LogP contribution in [-0.4, -0.2) is 99.6 Å². The Labute approximate surface area is 326 Å². The Bertz CT molecular complexity index is 2360. The number of aromatic amines is 3. The summed E-state index contributed by atoms with van der Waals surface area (Å²) in [6.45, 7) is 3.22. The number of Topliss-reactive ketones (excluding diaryl/α,β-unsaturated/α-hetero) is 1. The van der Waals surface area contributed by atoms with Crippen LogP contribution in [0.5, 0.6) is 0 Å². The molecule has 6 heterocycles. The summed E-state index contributed by atoms with van der Waals surface area (Å²) in [7, 11) is -4.83. The second kappa shape index (κ2) is 17.5. The number of aliphatic hydroxyl groups excluding tert-OH is 3. The summed E-state index contributed by atoms with van der Waals surface area (Å²) in [6, 6.07) is 0. The second-order valence-electron chi connectivity index (χ2n) is 14.5. The Morgan fingerprint density at radius 1 is 0.828 bits per heavy atom. The van der Waals surface area contributed by atoms with Crippen LogP contribution in [0.25, 0.3) is 0 Å². The van der Waals surface area contributed by atoms with Gasteiger partial charge in [0.25, 0.3) is 16.7 Å². The molecule has 0 bridgehead atoms. The first-order valence-corrected chi connectivity index (χ1v) is 19.6. The third-order valence-electron chi connectivity index (χ3n) is 10.3. The van der Waals surface area contributed by atoms with Gasteiger partial charge in [-0.1, -0.05) is 4.62 Å². The second-order valence-corrected chi connectivity index (χ2v) is 16.0. The van der Waals surface area contributed by atoms with Crippen LogP contribution in [0, 0.1) is 26.7 Å². The SMILES string of the molecule is Cc1cn([C@H]2C[C@H](O[P+]([O])(ON)OC[C@H]3O[C@@H](n4cc(C)c(=O)[nH]c4=O)C[C@@H]3O)[C@@H](C(O)CC(=O)C[C@H]3C[C@H](n4cc(C)c(=O)[nH]c4=O)O[C@@H]3CO)O2)c(=O)[nH]c1=O. The van der Waals surface area contributed by atoms with Gasteiger partial charge in [-0.3, -0.25) is 47.8 Å². The van der Waals surface area contributed by atoms with E-state index in [-0.39, 0.29) is 42.4 Å². The first-order chi connectivity index (χ1) is 27.4. The summed E-state index contributed by atoms with van der Waals surface area (Å²) in [5, 5.41) is 32.1. The van der Waals surface area contributed by atoms with Crippen molar-refractivity contribution in [3.63, 3.8) is 0 Å². The van der Waals surface area contributed by atoms with Gasteiger partial charge in [0.05, 0.1) is 29.8 Å². The lowest BCUT2D eigenvalue weighted by atomic mass is 9.91. The number of rotatable bonds is 15. The summed E-state index contributed by atoms with van der Waals surface area (Å²) in [5.41, 5.74) is -3.70. The van der Waals surface area contributed by atoms with E-state index in [4.69, 9.17) is 29.2 Å². The van der Waals surface area contributed by atoms with Crippen molar-refractivity contribution in [2.45, 2.75) is 108 Å². The molecule has 3 aromatic rings. The Morgan fingerprint density at radius 3 is 1.81 bits per heavy atom. The Balaban J connectivity index is 1.16. The van der Waals surface area contributed by atoms with Crippen LogP contribution < -0.4 is 39.6 Å². The van der Waals surface area contributed by atoms with Crippen LogP contribution in [-0.2, 0) is 37.6 Å². The van der Waals surface area contributed by atoms with Gasteiger partial charge in [0.1, 0.15) is 49.4 Å². The fraction of sp³-hybridized carbons (Fsp3) is 0.606. The number of H-pyrrole nitrogens is 3. The molecule has 3 aromatic heterocycles. The molecule has 0 aromatic carbocycles. The van der Waals surface area contributed by atoms with Crippen LogP contribution in [0.3, 0.4) is 0 Å². The van der Waals surface area contributed by atoms with Gasteiger partial charge in [-0.2, -0.15) is 5.90 Å². The number of carbonyl (C=O) groups excluding carboxylic acids is 1. The highest BCUT2D eigenvalue weighted by Gasteiger charge is 2.57. The first-order valence-electron chi connectivity index (χ1n) is 18.1. The van der Waals surface area contributed by atoms with Crippen molar-refractivity contribution in [1.82, 2.24) is 28.7 Å². The van der Waals surface area contributed by atoms with E-state index in [0.29, 0.717) is 0 Å². The highest BCUT2D eigenvalue weighted by Crippen LogP contribution is 2.60. The molecule has 0 amide bonds. The molecule has 11 atom stereocenters. The molecule has 2 unspecified atom stereocenters. The van der Waals surface area contributed by atoms with Crippen LogP contribution in [0.2, 0.25) is 0 Å². The molecule has 3 aliphatic heterocycles. The van der Waals surface area contributed by atoms with Gasteiger partial charge in [0.15, 0.2) is 0 Å². The number of hydrogen-bond donors (Lipinski definition) is 7. The van der Waals surface area contributed by atoms with Gasteiger partial charge in [-0.05, 0) is 33.1 Å². The van der Waals surface area contributed by atoms with E-state index in [2.05, 4.69) is 19.6 Å². The van der Waals surface area contributed by atoms with E-state index in [9.17, 15) is 53.8 Å². The normalized spacial score (nSPS) is 28.8. The number of nitrogens with two attached hydrogens (primary N) is 1. The van der Waals surface area contributed by atoms with Crippen molar-refractivity contribution >= 4 is 14.0 Å². The summed E-state index contributed by atoms with van der Waals surface area (Å²) in [6.07, 6.45) is -8.64. The van der Waals surface area contributed by atoms with E-state index in [0.717, 1.165) is 13.7 Å². The highest BCUT2D eigenvalue weighted by molar-refractivity contribution is 7.55. The number of hydrogen-bond acceptors (Lipinski definition) is 17. The van der Waals surface area contributed by atoms with E-state index >= 15 is 0 Å². The maximum Gasteiger partial charge on any atom is 0.629 e. The lowest BCUT2D eigenvalue weighted by molar-refractivity contribution is -0.129. The number of carbonyl (C=O) groups is 1. The molecule has 317 valence electrons. The summed E-state index contributed by atoms with van der Waals surface area (Å²) in [5.74, 6) is 4.19. The molecule has 25 heteroatoms. The monoisotopic (exact) mass is 841 g/mol. The third-order valence-corrected chi connectivity index (χ3v) is 11.6. The molecular weight excluding hydrogens is 797 g/mol. The molecule has 24 nitrogen and oxygen atoms in total. The van der Waals surface area contributed by atoms with E-state index < -0.39 is 129 Å². The van der Waals surface area contributed by atoms with Gasteiger partial charge in [-0.25, -0.2) is 14.4 Å². The van der Waals surface area contributed by atoms with Crippen molar-refractivity contribution in [1.29, 1.82) is 0 Å². The fourth-order valence-electron chi connectivity index (χ4n) is 7.22. The van der Waals surface area contributed by atoms with Gasteiger partial charge < -0.3 is 29.5 Å².